The first-order valence-corrected chi connectivity index (χ1v) is 3.91. The van der Waals surface area contributed by atoms with E-state index in [-0.39, 0.29) is 5.91 Å². The van der Waals surface area contributed by atoms with Gasteiger partial charge in [0, 0.05) is 13.6 Å². The van der Waals surface area contributed by atoms with Gasteiger partial charge in [0.15, 0.2) is 0 Å². The first kappa shape index (κ1) is 8.49. The van der Waals surface area contributed by atoms with E-state index in [1.165, 1.54) is 0 Å². The van der Waals surface area contributed by atoms with Crippen molar-refractivity contribution in [2.24, 2.45) is 0 Å². The van der Waals surface area contributed by atoms with Crippen molar-refractivity contribution in [3.8, 4) is 0 Å². The standard InChI is InChI=1S/C7H14N2O2/c1-8-7(10)6-9-4-2-3-5-11-9/h2-6H2,1H3,(H,8,10). The molecule has 0 aromatic heterocycles. The molecule has 1 N–H and O–H groups in total. The van der Waals surface area contributed by atoms with Crippen molar-refractivity contribution in [2.45, 2.75) is 12.8 Å². The summed E-state index contributed by atoms with van der Waals surface area (Å²) in [6.07, 6.45) is 2.22. The highest BCUT2D eigenvalue weighted by Gasteiger charge is 2.12. The van der Waals surface area contributed by atoms with Gasteiger partial charge in [-0.3, -0.25) is 9.63 Å². The first-order chi connectivity index (χ1) is 5.33. The van der Waals surface area contributed by atoms with Gasteiger partial charge in [-0.25, -0.2) is 0 Å². The first-order valence-electron chi connectivity index (χ1n) is 3.91. The predicted octanol–water partition coefficient (Wildman–Crippen LogP) is -0.240. The van der Waals surface area contributed by atoms with Gasteiger partial charge in [0.2, 0.25) is 5.91 Å². The lowest BCUT2D eigenvalue weighted by atomic mass is 10.3. The number of hydroxylamine groups is 2. The molecule has 1 heterocycles. The Balaban J connectivity index is 2.19. The Bertz CT molecular complexity index is 132. The van der Waals surface area contributed by atoms with Crippen LogP contribution in [-0.4, -0.2) is 37.7 Å². The van der Waals surface area contributed by atoms with Crippen LogP contribution in [0, 0.1) is 0 Å². The third-order valence-electron chi connectivity index (χ3n) is 1.67. The molecule has 64 valence electrons. The third kappa shape index (κ3) is 2.86. The fourth-order valence-electron chi connectivity index (χ4n) is 1.01. The largest absolute Gasteiger partial charge is 0.358 e. The Morgan fingerprint density at radius 2 is 2.45 bits per heavy atom. The van der Waals surface area contributed by atoms with Crippen molar-refractivity contribution in [1.29, 1.82) is 0 Å². The van der Waals surface area contributed by atoms with Crippen LogP contribution in [0.3, 0.4) is 0 Å². The zero-order valence-electron chi connectivity index (χ0n) is 6.80. The van der Waals surface area contributed by atoms with Gasteiger partial charge in [-0.15, -0.1) is 0 Å². The summed E-state index contributed by atoms with van der Waals surface area (Å²) >= 11 is 0. The quantitative estimate of drug-likeness (QED) is 0.603. The second kappa shape index (κ2) is 4.31. The Morgan fingerprint density at radius 3 is 3.00 bits per heavy atom. The SMILES string of the molecule is CNC(=O)CN1CCCCO1. The number of carbonyl (C=O) groups excluding carboxylic acids is 1. The molecule has 0 radical (unpaired) electrons. The Morgan fingerprint density at radius 1 is 1.64 bits per heavy atom. The molecule has 4 heteroatoms. The van der Waals surface area contributed by atoms with E-state index in [1.54, 1.807) is 12.1 Å². The molecule has 1 rings (SSSR count). The number of rotatable bonds is 2. The summed E-state index contributed by atoms with van der Waals surface area (Å²) in [6.45, 7) is 1.97. The van der Waals surface area contributed by atoms with Crippen molar-refractivity contribution in [2.75, 3.05) is 26.7 Å². The predicted molar refractivity (Wildman–Crippen MR) is 40.8 cm³/mol. The maximum Gasteiger partial charge on any atom is 0.236 e. The van der Waals surface area contributed by atoms with Crippen LogP contribution >= 0.6 is 0 Å². The molecular formula is C7H14N2O2. The normalized spacial score (nSPS) is 19.7. The van der Waals surface area contributed by atoms with Gasteiger partial charge >= 0.3 is 0 Å². The zero-order valence-corrected chi connectivity index (χ0v) is 6.80. The number of likely N-dealkylation sites (N-methyl/N-ethyl adjacent to an activating group) is 1. The van der Waals surface area contributed by atoms with Crippen molar-refractivity contribution in [3.05, 3.63) is 0 Å². The van der Waals surface area contributed by atoms with Crippen LogP contribution in [0.25, 0.3) is 0 Å². The molecule has 0 aromatic carbocycles. The van der Waals surface area contributed by atoms with Crippen molar-refractivity contribution in [3.63, 3.8) is 0 Å². The molecule has 1 aliphatic rings. The van der Waals surface area contributed by atoms with Crippen LogP contribution in [-0.2, 0) is 9.63 Å². The Hall–Kier alpha value is -0.610. The van der Waals surface area contributed by atoms with Crippen LogP contribution in [0.5, 0.6) is 0 Å². The molecule has 0 atom stereocenters. The maximum atomic E-state index is 10.8. The fraction of sp³-hybridized carbons (Fsp3) is 0.857. The molecule has 0 bridgehead atoms. The minimum Gasteiger partial charge on any atom is -0.358 e. The second-order valence-corrected chi connectivity index (χ2v) is 2.58. The topological polar surface area (TPSA) is 41.6 Å². The van der Waals surface area contributed by atoms with Gasteiger partial charge in [0.25, 0.3) is 0 Å². The van der Waals surface area contributed by atoms with Crippen LogP contribution < -0.4 is 5.32 Å². The number of hydrogen-bond donors (Lipinski definition) is 1. The van der Waals surface area contributed by atoms with Crippen LogP contribution in [0.2, 0.25) is 0 Å². The molecule has 0 saturated carbocycles. The molecule has 0 aromatic rings. The fourth-order valence-corrected chi connectivity index (χ4v) is 1.01. The summed E-state index contributed by atoms with van der Waals surface area (Å²) in [6, 6.07) is 0. The average Bonchev–Trinajstić information content (AvgIpc) is 2.06. The maximum absolute atomic E-state index is 10.8. The smallest absolute Gasteiger partial charge is 0.236 e. The molecule has 1 saturated heterocycles. The van der Waals surface area contributed by atoms with E-state index in [2.05, 4.69) is 5.32 Å². The third-order valence-corrected chi connectivity index (χ3v) is 1.67. The molecule has 0 spiro atoms. The minimum atomic E-state index is 0.00639. The highest BCUT2D eigenvalue weighted by Crippen LogP contribution is 2.04. The van der Waals surface area contributed by atoms with E-state index in [0.717, 1.165) is 26.0 Å². The lowest BCUT2D eigenvalue weighted by Crippen LogP contribution is -2.38. The molecule has 0 unspecified atom stereocenters. The summed E-state index contributed by atoms with van der Waals surface area (Å²) in [7, 11) is 1.63. The molecule has 1 amide bonds. The van der Waals surface area contributed by atoms with E-state index in [9.17, 15) is 4.79 Å². The Kier molecular flexibility index (Phi) is 3.32. The van der Waals surface area contributed by atoms with E-state index >= 15 is 0 Å². The number of nitrogens with one attached hydrogen (secondary N) is 1. The summed E-state index contributed by atoms with van der Waals surface area (Å²) < 4.78 is 0. The molecule has 1 fully saturated rings. The molecule has 0 aliphatic carbocycles. The van der Waals surface area contributed by atoms with Gasteiger partial charge in [-0.05, 0) is 12.8 Å². The van der Waals surface area contributed by atoms with Gasteiger partial charge in [0.05, 0.1) is 6.61 Å². The average molecular weight is 158 g/mol. The van der Waals surface area contributed by atoms with Gasteiger partial charge < -0.3 is 5.32 Å². The summed E-state index contributed by atoms with van der Waals surface area (Å²) in [5, 5.41) is 4.26. The van der Waals surface area contributed by atoms with E-state index in [0.29, 0.717) is 6.54 Å². The number of hydrogen-bond acceptors (Lipinski definition) is 3. The zero-order chi connectivity index (χ0) is 8.10. The number of nitrogens with zero attached hydrogens (tertiary/aromatic N) is 1. The highest BCUT2D eigenvalue weighted by molar-refractivity contribution is 5.77. The number of carbonyl (C=O) groups is 1. The van der Waals surface area contributed by atoms with Crippen molar-refractivity contribution in [1.82, 2.24) is 10.4 Å². The van der Waals surface area contributed by atoms with E-state index in [1.807, 2.05) is 0 Å². The van der Waals surface area contributed by atoms with Crippen molar-refractivity contribution >= 4 is 5.91 Å². The molecular weight excluding hydrogens is 144 g/mol. The summed E-state index contributed by atoms with van der Waals surface area (Å²) in [5.41, 5.74) is 0. The van der Waals surface area contributed by atoms with Gasteiger partial charge in [0.1, 0.15) is 6.54 Å². The van der Waals surface area contributed by atoms with Crippen LogP contribution in [0.1, 0.15) is 12.8 Å². The van der Waals surface area contributed by atoms with Crippen molar-refractivity contribution < 1.29 is 9.63 Å². The summed E-state index contributed by atoms with van der Waals surface area (Å²) in [4.78, 5) is 16.1. The Labute approximate surface area is 66.5 Å². The van der Waals surface area contributed by atoms with E-state index in [4.69, 9.17) is 4.84 Å². The summed E-state index contributed by atoms with van der Waals surface area (Å²) in [5.74, 6) is 0.00639. The van der Waals surface area contributed by atoms with Crippen LogP contribution in [0.4, 0.5) is 0 Å². The molecule has 11 heavy (non-hydrogen) atoms. The molecule has 1 aliphatic heterocycles. The lowest BCUT2D eigenvalue weighted by Gasteiger charge is -2.24. The number of amides is 1. The van der Waals surface area contributed by atoms with Crippen LogP contribution in [0.15, 0.2) is 0 Å². The second-order valence-electron chi connectivity index (χ2n) is 2.58. The highest BCUT2D eigenvalue weighted by atomic mass is 16.7. The molecule has 4 nitrogen and oxygen atoms in total. The van der Waals surface area contributed by atoms with Gasteiger partial charge in [-0.2, -0.15) is 5.06 Å². The van der Waals surface area contributed by atoms with Gasteiger partial charge in [-0.1, -0.05) is 0 Å². The van der Waals surface area contributed by atoms with E-state index < -0.39 is 0 Å². The minimum absolute atomic E-state index is 0.00639. The lowest BCUT2D eigenvalue weighted by molar-refractivity contribution is -0.183. The monoisotopic (exact) mass is 158 g/mol.